The number of pyridine rings is 1. The molecule has 2 heterocycles. The van der Waals surface area contributed by atoms with Crippen LogP contribution in [0, 0.1) is 5.92 Å². The van der Waals surface area contributed by atoms with Crippen molar-refractivity contribution in [1.29, 1.82) is 0 Å². The number of hydrogen-bond donors (Lipinski definition) is 3. The van der Waals surface area contributed by atoms with Gasteiger partial charge in [0.25, 0.3) is 5.91 Å². The number of benzene rings is 1. The number of fused-ring (bicyclic) bond motifs is 1. The Morgan fingerprint density at radius 2 is 1.88 bits per heavy atom. The quantitative estimate of drug-likeness (QED) is 0.290. The maximum absolute atomic E-state index is 13.1. The summed E-state index contributed by atoms with van der Waals surface area (Å²) >= 11 is 0. The fourth-order valence-electron chi connectivity index (χ4n) is 4.48. The van der Waals surface area contributed by atoms with Gasteiger partial charge < -0.3 is 15.4 Å². The Bertz CT molecular complexity index is 1280. The predicted octanol–water partition coefficient (Wildman–Crippen LogP) is 3.20. The molecule has 1 saturated heterocycles. The van der Waals surface area contributed by atoms with Crippen molar-refractivity contribution in [2.24, 2.45) is 5.92 Å². The molecule has 3 N–H and O–H groups in total. The maximum Gasteiger partial charge on any atom is 0.325 e. The number of aromatic nitrogens is 1. The number of ether oxygens (including phenoxy) is 1. The minimum absolute atomic E-state index is 0.0906. The van der Waals surface area contributed by atoms with Crippen LogP contribution in [0.25, 0.3) is 16.8 Å². The molecular weight excluding hydrogens is 510 g/mol. The molecule has 0 radical (unpaired) electrons. The Balaban J connectivity index is 1.59. The smallest absolute Gasteiger partial charge is 0.325 e. The van der Waals surface area contributed by atoms with Gasteiger partial charge in [-0.3, -0.25) is 29.2 Å². The van der Waals surface area contributed by atoms with Gasteiger partial charge in [0.2, 0.25) is 11.8 Å². The fourth-order valence-corrected chi connectivity index (χ4v) is 4.48. The lowest BCUT2D eigenvalue weighted by Crippen LogP contribution is -2.61. The minimum Gasteiger partial charge on any atom is -0.457 e. The molecule has 10 nitrogen and oxygen atoms in total. The molecule has 214 valence electrons. The molecule has 1 aromatic heterocycles. The van der Waals surface area contributed by atoms with Gasteiger partial charge in [-0.15, -0.1) is 6.58 Å². The highest BCUT2D eigenvalue weighted by atomic mass is 16.5. The Morgan fingerprint density at radius 1 is 1.12 bits per heavy atom. The third-order valence-electron chi connectivity index (χ3n) is 6.80. The van der Waals surface area contributed by atoms with Crippen molar-refractivity contribution in [3.8, 4) is 0 Å². The molecule has 1 aliphatic heterocycles. The SMILES string of the molecule is C=CCC(=O)NC(C(=O)NC(C)C(=O)N1CCCC(C(=O)OC(C)c2ccc3cnc(C=C)cc3c2)N1)C(C)C. The van der Waals surface area contributed by atoms with Crippen molar-refractivity contribution in [2.45, 2.75) is 71.2 Å². The van der Waals surface area contributed by atoms with Gasteiger partial charge in [0.1, 0.15) is 24.2 Å². The van der Waals surface area contributed by atoms with E-state index in [0.29, 0.717) is 19.4 Å². The van der Waals surface area contributed by atoms with E-state index in [1.54, 1.807) is 26.1 Å². The van der Waals surface area contributed by atoms with Gasteiger partial charge in [0.15, 0.2) is 0 Å². The van der Waals surface area contributed by atoms with Crippen molar-refractivity contribution in [1.82, 2.24) is 26.1 Å². The summed E-state index contributed by atoms with van der Waals surface area (Å²) in [6.07, 6.45) is 5.59. The number of carbonyl (C=O) groups is 4. The van der Waals surface area contributed by atoms with Crippen LogP contribution < -0.4 is 16.1 Å². The monoisotopic (exact) mass is 549 g/mol. The first-order valence-electron chi connectivity index (χ1n) is 13.5. The predicted molar refractivity (Wildman–Crippen MR) is 153 cm³/mol. The standard InChI is InChI=1S/C30H39N5O5/c1-7-10-26(36)33-27(18(3)4)28(37)32-19(5)29(38)35-14-9-11-25(34-35)30(39)40-20(6)21-12-13-22-17-31-24(8-2)16-23(22)15-21/h7-8,12-13,15-20,25,27,34H,1-2,9-11,14H2,3-6H3,(H,32,37)(H,33,36). The van der Waals surface area contributed by atoms with E-state index in [1.807, 2.05) is 38.1 Å². The number of hydrogen-bond acceptors (Lipinski definition) is 7. The summed E-state index contributed by atoms with van der Waals surface area (Å²) in [5.74, 6) is -1.82. The number of amides is 3. The highest BCUT2D eigenvalue weighted by Gasteiger charge is 2.33. The van der Waals surface area contributed by atoms with Gasteiger partial charge in [-0.25, -0.2) is 5.43 Å². The first-order valence-corrected chi connectivity index (χ1v) is 13.5. The highest BCUT2D eigenvalue weighted by Crippen LogP contribution is 2.24. The third kappa shape index (κ3) is 7.75. The number of nitrogens with zero attached hydrogens (tertiary/aromatic N) is 2. The van der Waals surface area contributed by atoms with E-state index in [1.165, 1.54) is 11.1 Å². The van der Waals surface area contributed by atoms with Crippen LogP contribution in [-0.4, -0.2) is 58.4 Å². The summed E-state index contributed by atoms with van der Waals surface area (Å²) in [4.78, 5) is 55.3. The van der Waals surface area contributed by atoms with Crippen LogP contribution in [0.3, 0.4) is 0 Å². The van der Waals surface area contributed by atoms with Gasteiger partial charge in [-0.2, -0.15) is 0 Å². The number of esters is 1. The molecule has 3 amide bonds. The van der Waals surface area contributed by atoms with Crippen molar-refractivity contribution in [3.63, 3.8) is 0 Å². The second kappa shape index (κ2) is 13.8. The molecule has 4 unspecified atom stereocenters. The summed E-state index contributed by atoms with van der Waals surface area (Å²) in [6.45, 7) is 14.7. The molecule has 0 bridgehead atoms. The van der Waals surface area contributed by atoms with E-state index in [2.05, 4.69) is 34.2 Å². The lowest BCUT2D eigenvalue weighted by molar-refractivity contribution is -0.157. The summed E-state index contributed by atoms with van der Waals surface area (Å²) < 4.78 is 5.76. The summed E-state index contributed by atoms with van der Waals surface area (Å²) in [5.41, 5.74) is 4.56. The van der Waals surface area contributed by atoms with Gasteiger partial charge in [-0.05, 0) is 61.8 Å². The van der Waals surface area contributed by atoms with Crippen LogP contribution in [0.5, 0.6) is 0 Å². The molecule has 1 aliphatic rings. The zero-order valence-corrected chi connectivity index (χ0v) is 23.6. The highest BCUT2D eigenvalue weighted by molar-refractivity contribution is 5.92. The summed E-state index contributed by atoms with van der Waals surface area (Å²) in [5, 5.41) is 8.66. The normalized spacial score (nSPS) is 17.4. The first-order chi connectivity index (χ1) is 19.0. The molecule has 0 spiro atoms. The lowest BCUT2D eigenvalue weighted by atomic mass is 10.0. The van der Waals surface area contributed by atoms with Gasteiger partial charge in [0.05, 0.1) is 5.69 Å². The maximum atomic E-state index is 13.1. The second-order valence-corrected chi connectivity index (χ2v) is 10.3. The average molecular weight is 550 g/mol. The number of hydrazine groups is 1. The number of rotatable bonds is 11. The zero-order valence-electron chi connectivity index (χ0n) is 23.6. The van der Waals surface area contributed by atoms with Crippen molar-refractivity contribution < 1.29 is 23.9 Å². The van der Waals surface area contributed by atoms with E-state index in [-0.39, 0.29) is 24.2 Å². The Labute approximate surface area is 235 Å². The van der Waals surface area contributed by atoms with E-state index >= 15 is 0 Å². The van der Waals surface area contributed by atoms with Crippen LogP contribution in [0.2, 0.25) is 0 Å². The van der Waals surface area contributed by atoms with E-state index < -0.39 is 36.1 Å². The number of carbonyl (C=O) groups excluding carboxylic acids is 4. The van der Waals surface area contributed by atoms with E-state index in [4.69, 9.17) is 4.74 Å². The largest absolute Gasteiger partial charge is 0.457 e. The molecule has 40 heavy (non-hydrogen) atoms. The van der Waals surface area contributed by atoms with Gasteiger partial charge in [-0.1, -0.05) is 38.6 Å². The number of nitrogens with one attached hydrogen (secondary N) is 3. The van der Waals surface area contributed by atoms with Crippen LogP contribution in [0.15, 0.2) is 49.7 Å². The molecule has 1 fully saturated rings. The minimum atomic E-state index is -0.876. The molecule has 4 atom stereocenters. The fraction of sp³-hybridized carbons (Fsp3) is 0.433. The second-order valence-electron chi connectivity index (χ2n) is 10.3. The van der Waals surface area contributed by atoms with Gasteiger partial charge >= 0.3 is 5.97 Å². The van der Waals surface area contributed by atoms with Crippen molar-refractivity contribution in [2.75, 3.05) is 6.54 Å². The molecule has 10 heteroatoms. The van der Waals surface area contributed by atoms with E-state index in [0.717, 1.165) is 22.0 Å². The lowest BCUT2D eigenvalue weighted by Gasteiger charge is -2.35. The van der Waals surface area contributed by atoms with Crippen molar-refractivity contribution in [3.05, 3.63) is 61.0 Å². The molecular formula is C30H39N5O5. The summed E-state index contributed by atoms with van der Waals surface area (Å²) in [6, 6.07) is 5.33. The molecule has 3 rings (SSSR count). The van der Waals surface area contributed by atoms with Crippen LogP contribution >= 0.6 is 0 Å². The Morgan fingerprint density at radius 3 is 2.55 bits per heavy atom. The zero-order chi connectivity index (χ0) is 29.4. The molecule has 1 aromatic carbocycles. The topological polar surface area (TPSA) is 130 Å². The Hall–Kier alpha value is -4.05. The summed E-state index contributed by atoms with van der Waals surface area (Å²) in [7, 11) is 0. The van der Waals surface area contributed by atoms with Crippen LogP contribution in [0.1, 0.15) is 64.3 Å². The third-order valence-corrected chi connectivity index (χ3v) is 6.80. The van der Waals surface area contributed by atoms with Crippen LogP contribution in [0.4, 0.5) is 0 Å². The molecule has 2 aromatic rings. The Kier molecular flexibility index (Phi) is 10.6. The molecule has 0 aliphatic carbocycles. The first kappa shape index (κ1) is 30.5. The van der Waals surface area contributed by atoms with Crippen molar-refractivity contribution >= 4 is 40.5 Å². The van der Waals surface area contributed by atoms with E-state index in [9.17, 15) is 19.2 Å². The molecule has 0 saturated carbocycles. The van der Waals surface area contributed by atoms with Crippen LogP contribution in [-0.2, 0) is 23.9 Å². The average Bonchev–Trinajstić information content (AvgIpc) is 2.94. The van der Waals surface area contributed by atoms with Gasteiger partial charge in [0, 0.05) is 24.5 Å².